The van der Waals surface area contributed by atoms with Gasteiger partial charge in [0.15, 0.2) is 6.04 Å². The molecule has 29 heavy (non-hydrogen) atoms. The predicted molar refractivity (Wildman–Crippen MR) is 104 cm³/mol. The van der Waals surface area contributed by atoms with Gasteiger partial charge in [0.25, 0.3) is 0 Å². The van der Waals surface area contributed by atoms with E-state index in [0.29, 0.717) is 11.3 Å². The second-order valence-electron chi connectivity index (χ2n) is 7.75. The fourth-order valence-corrected chi connectivity index (χ4v) is 2.07. The van der Waals surface area contributed by atoms with E-state index in [4.69, 9.17) is 19.5 Å². The molecular weight excluding hydrogens is 378 g/mol. The molecule has 2 N–H and O–H groups in total. The number of nitriles is 1. The van der Waals surface area contributed by atoms with Crippen LogP contribution in [0.2, 0.25) is 0 Å². The fraction of sp³-hybridized carbons (Fsp3) is 0.500. The number of rotatable bonds is 7. The van der Waals surface area contributed by atoms with Gasteiger partial charge in [0.05, 0.1) is 18.7 Å². The van der Waals surface area contributed by atoms with Crippen LogP contribution in [0.1, 0.15) is 40.2 Å². The van der Waals surface area contributed by atoms with Crippen molar-refractivity contribution in [1.29, 1.82) is 5.26 Å². The third kappa shape index (κ3) is 8.09. The molecule has 9 nitrogen and oxygen atoms in total. The van der Waals surface area contributed by atoms with E-state index >= 15 is 0 Å². The summed E-state index contributed by atoms with van der Waals surface area (Å²) < 4.78 is 15.4. The zero-order valence-corrected chi connectivity index (χ0v) is 17.5. The molecule has 0 aromatic heterocycles. The van der Waals surface area contributed by atoms with Gasteiger partial charge in [0.2, 0.25) is 5.91 Å². The summed E-state index contributed by atoms with van der Waals surface area (Å²) in [5.41, 5.74) is -1.62. The Hall–Kier alpha value is -3.28. The number of esters is 1. The molecule has 0 saturated heterocycles. The summed E-state index contributed by atoms with van der Waals surface area (Å²) in [7, 11) is 1.19. The number of hydrogen-bond donors (Lipinski definition) is 2. The van der Waals surface area contributed by atoms with Crippen molar-refractivity contribution in [3.05, 3.63) is 29.8 Å². The Morgan fingerprint density at radius 2 is 1.69 bits per heavy atom. The van der Waals surface area contributed by atoms with Crippen molar-refractivity contribution in [2.75, 3.05) is 13.7 Å². The van der Waals surface area contributed by atoms with E-state index in [1.165, 1.54) is 21.0 Å². The van der Waals surface area contributed by atoms with Crippen molar-refractivity contribution < 1.29 is 28.6 Å². The van der Waals surface area contributed by atoms with Gasteiger partial charge in [-0.1, -0.05) is 0 Å². The molecule has 1 unspecified atom stereocenters. The van der Waals surface area contributed by atoms with Crippen LogP contribution < -0.4 is 15.4 Å². The van der Waals surface area contributed by atoms with Crippen molar-refractivity contribution in [3.8, 4) is 11.8 Å². The average Bonchev–Trinajstić information content (AvgIpc) is 2.62. The number of carbonyl (C=O) groups is 3. The molecule has 0 aliphatic rings. The fourth-order valence-electron chi connectivity index (χ4n) is 2.07. The van der Waals surface area contributed by atoms with Gasteiger partial charge in [-0.2, -0.15) is 5.26 Å². The van der Waals surface area contributed by atoms with Gasteiger partial charge in [-0.05, 0) is 58.9 Å². The lowest BCUT2D eigenvalue weighted by molar-refractivity contribution is -0.146. The van der Waals surface area contributed by atoms with E-state index in [1.54, 1.807) is 45.0 Å². The second-order valence-corrected chi connectivity index (χ2v) is 7.75. The Morgan fingerprint density at radius 1 is 1.10 bits per heavy atom. The lowest BCUT2D eigenvalue weighted by Gasteiger charge is -2.29. The Kier molecular flexibility index (Phi) is 8.01. The second kappa shape index (κ2) is 9.78. The summed E-state index contributed by atoms with van der Waals surface area (Å²) in [6.07, 6.45) is -0.763. The molecule has 1 aromatic carbocycles. The average molecular weight is 405 g/mol. The largest absolute Gasteiger partial charge is 0.491 e. The molecule has 1 rings (SSSR count). The molecule has 9 heteroatoms. The number of benzene rings is 1. The van der Waals surface area contributed by atoms with Gasteiger partial charge in [-0.25, -0.2) is 9.59 Å². The van der Waals surface area contributed by atoms with Crippen LogP contribution in [0, 0.1) is 11.3 Å². The number of carbonyl (C=O) groups excluding carboxylic acids is 3. The molecule has 158 valence electrons. The van der Waals surface area contributed by atoms with Crippen LogP contribution in [0.15, 0.2) is 24.3 Å². The van der Waals surface area contributed by atoms with E-state index in [2.05, 4.69) is 10.6 Å². The van der Waals surface area contributed by atoms with E-state index in [9.17, 15) is 14.4 Å². The number of methoxy groups -OCH3 is 1. The zero-order chi connectivity index (χ0) is 22.2. The first-order valence-electron chi connectivity index (χ1n) is 8.91. The smallest absolute Gasteiger partial charge is 0.408 e. The number of nitrogens with one attached hydrogen (secondary N) is 2. The van der Waals surface area contributed by atoms with Crippen LogP contribution in [0.25, 0.3) is 0 Å². The Morgan fingerprint density at radius 3 is 2.17 bits per heavy atom. The number of hydrogen-bond acceptors (Lipinski definition) is 7. The van der Waals surface area contributed by atoms with Crippen molar-refractivity contribution >= 4 is 18.0 Å². The van der Waals surface area contributed by atoms with Gasteiger partial charge >= 0.3 is 12.1 Å². The highest BCUT2D eigenvalue weighted by Gasteiger charge is 2.34. The third-order valence-electron chi connectivity index (χ3n) is 3.57. The summed E-state index contributed by atoms with van der Waals surface area (Å²) in [5, 5.41) is 13.8. The number of amides is 2. The lowest BCUT2D eigenvalue weighted by Crippen LogP contribution is -2.59. The highest BCUT2D eigenvalue weighted by molar-refractivity contribution is 5.92. The molecule has 1 atom stereocenters. The molecular formula is C20H27N3O6. The van der Waals surface area contributed by atoms with Gasteiger partial charge in [-0.15, -0.1) is 0 Å². The molecule has 0 saturated carbocycles. The number of nitrogens with zero attached hydrogens (tertiary/aromatic N) is 1. The maximum Gasteiger partial charge on any atom is 0.408 e. The van der Waals surface area contributed by atoms with Crippen molar-refractivity contribution in [2.45, 2.75) is 51.8 Å². The molecule has 0 fully saturated rings. The SMILES string of the molecule is COC(=O)C(COc1ccc(C#N)cc1)NC(=O)C(C)(C)NC(=O)OC(C)(C)C. The van der Waals surface area contributed by atoms with Gasteiger partial charge in [0.1, 0.15) is 23.5 Å². The maximum absolute atomic E-state index is 12.6. The van der Waals surface area contributed by atoms with Crippen LogP contribution in [-0.4, -0.2) is 48.9 Å². The zero-order valence-electron chi connectivity index (χ0n) is 17.5. The normalized spacial score (nSPS) is 12.2. The minimum atomic E-state index is -1.36. The molecule has 1 aromatic rings. The van der Waals surface area contributed by atoms with E-state index in [0.717, 1.165) is 0 Å². The number of ether oxygens (including phenoxy) is 3. The van der Waals surface area contributed by atoms with Gasteiger partial charge < -0.3 is 24.8 Å². The van der Waals surface area contributed by atoms with Gasteiger partial charge in [0, 0.05) is 0 Å². The van der Waals surface area contributed by atoms with Crippen LogP contribution in [-0.2, 0) is 19.1 Å². The van der Waals surface area contributed by atoms with Crippen LogP contribution >= 0.6 is 0 Å². The van der Waals surface area contributed by atoms with Crippen LogP contribution in [0.3, 0.4) is 0 Å². The molecule has 0 aliphatic heterocycles. The summed E-state index contributed by atoms with van der Waals surface area (Å²) in [4.78, 5) is 36.6. The minimum absolute atomic E-state index is 0.202. The minimum Gasteiger partial charge on any atom is -0.491 e. The van der Waals surface area contributed by atoms with Crippen LogP contribution in [0.4, 0.5) is 4.79 Å². The summed E-state index contributed by atoms with van der Waals surface area (Å²) in [6, 6.07) is 7.15. The van der Waals surface area contributed by atoms with Crippen molar-refractivity contribution in [2.24, 2.45) is 0 Å². The molecule has 0 bridgehead atoms. The van der Waals surface area contributed by atoms with Crippen molar-refractivity contribution in [3.63, 3.8) is 0 Å². The maximum atomic E-state index is 12.6. The molecule has 0 aliphatic carbocycles. The van der Waals surface area contributed by atoms with Crippen LogP contribution in [0.5, 0.6) is 5.75 Å². The first kappa shape index (κ1) is 23.8. The molecule has 0 spiro atoms. The molecule has 0 radical (unpaired) electrons. The van der Waals surface area contributed by atoms with Crippen molar-refractivity contribution in [1.82, 2.24) is 10.6 Å². The molecule has 0 heterocycles. The lowest BCUT2D eigenvalue weighted by atomic mass is 10.0. The van der Waals surface area contributed by atoms with E-state index in [1.807, 2.05) is 6.07 Å². The van der Waals surface area contributed by atoms with E-state index in [-0.39, 0.29) is 6.61 Å². The Balaban J connectivity index is 2.77. The first-order chi connectivity index (χ1) is 13.4. The number of alkyl carbamates (subject to hydrolysis) is 1. The first-order valence-corrected chi connectivity index (χ1v) is 8.91. The topological polar surface area (TPSA) is 127 Å². The summed E-state index contributed by atoms with van der Waals surface area (Å²) >= 11 is 0. The standard InChI is InChI=1S/C20H27N3O6/c1-19(2,3)29-18(26)23-20(4,5)17(25)22-15(16(24)27-6)12-28-14-9-7-13(11-21)8-10-14/h7-10,15H,12H2,1-6H3,(H,22,25)(H,23,26). The Bertz CT molecular complexity index is 775. The van der Waals surface area contributed by atoms with Gasteiger partial charge in [-0.3, -0.25) is 4.79 Å². The quantitative estimate of drug-likeness (QED) is 0.663. The highest BCUT2D eigenvalue weighted by Crippen LogP contribution is 2.13. The highest BCUT2D eigenvalue weighted by atomic mass is 16.6. The Labute approximate surface area is 170 Å². The third-order valence-corrected chi connectivity index (χ3v) is 3.57. The predicted octanol–water partition coefficient (Wildman–Crippen LogP) is 1.90. The molecule has 2 amide bonds. The summed E-state index contributed by atoms with van der Waals surface area (Å²) in [5.74, 6) is -0.916. The monoisotopic (exact) mass is 405 g/mol. The summed E-state index contributed by atoms with van der Waals surface area (Å²) in [6.45, 7) is 7.85. The van der Waals surface area contributed by atoms with E-state index < -0.39 is 35.2 Å².